The lowest BCUT2D eigenvalue weighted by molar-refractivity contribution is 0.0215. The Morgan fingerprint density at radius 2 is 1.95 bits per heavy atom. The summed E-state index contributed by atoms with van der Waals surface area (Å²) in [5.74, 6) is 0. The summed E-state index contributed by atoms with van der Waals surface area (Å²) in [4.78, 5) is 5.10. The number of nitrogens with zero attached hydrogens (tertiary/aromatic N) is 4. The number of aromatic nitrogens is 2. The van der Waals surface area contributed by atoms with Gasteiger partial charge in [0.05, 0.1) is 11.8 Å². The quantitative estimate of drug-likeness (QED) is 0.833. The lowest BCUT2D eigenvalue weighted by Crippen LogP contribution is -2.42. The molecule has 124 valence electrons. The molecule has 22 heavy (non-hydrogen) atoms. The Kier molecular flexibility index (Phi) is 5.87. The summed E-state index contributed by atoms with van der Waals surface area (Å²) in [7, 11) is 0. The van der Waals surface area contributed by atoms with Crippen molar-refractivity contribution in [2.75, 3.05) is 39.3 Å². The van der Waals surface area contributed by atoms with Crippen molar-refractivity contribution in [3.63, 3.8) is 0 Å². The number of hydrogen-bond donors (Lipinski definition) is 0. The van der Waals surface area contributed by atoms with Gasteiger partial charge in [-0.25, -0.2) is 0 Å². The molecule has 2 aliphatic rings. The SMILES string of the molecule is CCn1ccc(CN2CCCOC(CN3CCCCC3)C2)n1. The Morgan fingerprint density at radius 3 is 2.73 bits per heavy atom. The third kappa shape index (κ3) is 4.54. The van der Waals surface area contributed by atoms with E-state index in [0.717, 1.165) is 45.8 Å². The zero-order valence-electron chi connectivity index (χ0n) is 13.9. The fourth-order valence-corrected chi connectivity index (χ4v) is 3.55. The van der Waals surface area contributed by atoms with Gasteiger partial charge in [-0.3, -0.25) is 9.58 Å². The van der Waals surface area contributed by atoms with Crippen LogP contribution >= 0.6 is 0 Å². The Balaban J connectivity index is 1.52. The minimum Gasteiger partial charge on any atom is -0.376 e. The summed E-state index contributed by atoms with van der Waals surface area (Å²) in [5.41, 5.74) is 1.18. The molecule has 0 saturated carbocycles. The maximum absolute atomic E-state index is 6.09. The summed E-state index contributed by atoms with van der Waals surface area (Å²) in [6.07, 6.45) is 7.66. The molecule has 1 atom stereocenters. The highest BCUT2D eigenvalue weighted by Crippen LogP contribution is 2.14. The van der Waals surface area contributed by atoms with Crippen LogP contribution in [-0.2, 0) is 17.8 Å². The standard InChI is InChI=1S/C17H30N4O/c1-2-21-11-7-16(18-21)13-20-10-6-12-22-17(15-20)14-19-8-4-3-5-9-19/h7,11,17H,2-6,8-10,12-15H2,1H3. The second-order valence-electron chi connectivity index (χ2n) is 6.61. The molecule has 1 unspecified atom stereocenters. The van der Waals surface area contributed by atoms with E-state index in [9.17, 15) is 0 Å². The Labute approximate surface area is 134 Å². The van der Waals surface area contributed by atoms with Crippen LogP contribution < -0.4 is 0 Å². The van der Waals surface area contributed by atoms with Crippen LogP contribution in [0.25, 0.3) is 0 Å². The molecule has 5 nitrogen and oxygen atoms in total. The van der Waals surface area contributed by atoms with Gasteiger partial charge in [0.2, 0.25) is 0 Å². The molecule has 1 aromatic heterocycles. The molecule has 0 aliphatic carbocycles. The molecular formula is C17H30N4O. The Bertz CT molecular complexity index is 442. The smallest absolute Gasteiger partial charge is 0.0828 e. The van der Waals surface area contributed by atoms with Crippen molar-refractivity contribution in [3.05, 3.63) is 18.0 Å². The van der Waals surface area contributed by atoms with Crippen LogP contribution in [0.5, 0.6) is 0 Å². The second-order valence-corrected chi connectivity index (χ2v) is 6.61. The average Bonchev–Trinajstić information content (AvgIpc) is 2.88. The van der Waals surface area contributed by atoms with E-state index in [2.05, 4.69) is 34.1 Å². The lowest BCUT2D eigenvalue weighted by atomic mass is 10.1. The zero-order chi connectivity index (χ0) is 15.2. The van der Waals surface area contributed by atoms with Gasteiger partial charge in [-0.15, -0.1) is 0 Å². The topological polar surface area (TPSA) is 33.5 Å². The van der Waals surface area contributed by atoms with Crippen molar-refractivity contribution in [3.8, 4) is 0 Å². The van der Waals surface area contributed by atoms with Crippen LogP contribution in [0.4, 0.5) is 0 Å². The fraction of sp³-hybridized carbons (Fsp3) is 0.824. The van der Waals surface area contributed by atoms with Crippen molar-refractivity contribution in [1.82, 2.24) is 19.6 Å². The highest BCUT2D eigenvalue weighted by Gasteiger charge is 2.22. The maximum Gasteiger partial charge on any atom is 0.0828 e. The zero-order valence-corrected chi connectivity index (χ0v) is 13.9. The normalized spacial score (nSPS) is 25.2. The van der Waals surface area contributed by atoms with Crippen LogP contribution in [0.1, 0.15) is 38.3 Å². The summed E-state index contributed by atoms with van der Waals surface area (Å²) < 4.78 is 8.10. The summed E-state index contributed by atoms with van der Waals surface area (Å²) in [5, 5.41) is 4.62. The van der Waals surface area contributed by atoms with Gasteiger partial charge in [0, 0.05) is 45.5 Å². The van der Waals surface area contributed by atoms with Crippen molar-refractivity contribution in [2.24, 2.45) is 0 Å². The fourth-order valence-electron chi connectivity index (χ4n) is 3.55. The van der Waals surface area contributed by atoms with Crippen LogP contribution in [0, 0.1) is 0 Å². The number of aryl methyl sites for hydroxylation is 1. The monoisotopic (exact) mass is 306 g/mol. The molecule has 3 rings (SSSR count). The van der Waals surface area contributed by atoms with Crippen molar-refractivity contribution in [1.29, 1.82) is 0 Å². The van der Waals surface area contributed by atoms with E-state index in [0.29, 0.717) is 6.10 Å². The molecule has 2 saturated heterocycles. The highest BCUT2D eigenvalue weighted by molar-refractivity contribution is 4.99. The molecule has 2 fully saturated rings. The van der Waals surface area contributed by atoms with Crippen molar-refractivity contribution in [2.45, 2.75) is 51.8 Å². The Hall–Kier alpha value is -0.910. The molecule has 0 aromatic carbocycles. The van der Waals surface area contributed by atoms with E-state index < -0.39 is 0 Å². The van der Waals surface area contributed by atoms with Gasteiger partial charge in [0.15, 0.2) is 0 Å². The molecule has 5 heteroatoms. The first-order chi connectivity index (χ1) is 10.8. The van der Waals surface area contributed by atoms with Gasteiger partial charge in [0.1, 0.15) is 0 Å². The molecular weight excluding hydrogens is 276 g/mol. The van der Waals surface area contributed by atoms with Crippen molar-refractivity contribution < 1.29 is 4.74 Å². The first-order valence-corrected chi connectivity index (χ1v) is 8.92. The molecule has 2 aliphatic heterocycles. The summed E-state index contributed by atoms with van der Waals surface area (Å²) in [6, 6.07) is 2.15. The number of hydrogen-bond acceptors (Lipinski definition) is 4. The third-order valence-electron chi connectivity index (χ3n) is 4.75. The Morgan fingerprint density at radius 1 is 1.14 bits per heavy atom. The lowest BCUT2D eigenvalue weighted by Gasteiger charge is -2.31. The predicted octanol–water partition coefficient (Wildman–Crippen LogP) is 1.98. The first-order valence-electron chi connectivity index (χ1n) is 8.92. The van der Waals surface area contributed by atoms with E-state index in [1.54, 1.807) is 0 Å². The first kappa shape index (κ1) is 16.0. The minimum atomic E-state index is 0.355. The van der Waals surface area contributed by atoms with Gasteiger partial charge < -0.3 is 9.64 Å². The predicted molar refractivity (Wildman–Crippen MR) is 87.8 cm³/mol. The van der Waals surface area contributed by atoms with Gasteiger partial charge in [0.25, 0.3) is 0 Å². The number of ether oxygens (including phenoxy) is 1. The number of rotatable bonds is 5. The maximum atomic E-state index is 6.09. The molecule has 0 radical (unpaired) electrons. The van der Waals surface area contributed by atoms with Gasteiger partial charge in [-0.1, -0.05) is 6.42 Å². The summed E-state index contributed by atoms with van der Waals surface area (Å²) >= 11 is 0. The van der Waals surface area contributed by atoms with Crippen LogP contribution in [0.2, 0.25) is 0 Å². The molecule has 1 aromatic rings. The van der Waals surface area contributed by atoms with E-state index in [-0.39, 0.29) is 0 Å². The van der Waals surface area contributed by atoms with E-state index >= 15 is 0 Å². The molecule has 0 N–H and O–H groups in total. The minimum absolute atomic E-state index is 0.355. The highest BCUT2D eigenvalue weighted by atomic mass is 16.5. The van der Waals surface area contributed by atoms with Crippen LogP contribution in [0.15, 0.2) is 12.3 Å². The average molecular weight is 306 g/mol. The van der Waals surface area contributed by atoms with Gasteiger partial charge in [-0.05, 0) is 45.3 Å². The largest absolute Gasteiger partial charge is 0.376 e. The van der Waals surface area contributed by atoms with Crippen molar-refractivity contribution >= 4 is 0 Å². The number of piperidine rings is 1. The van der Waals surface area contributed by atoms with Gasteiger partial charge in [-0.2, -0.15) is 5.10 Å². The van der Waals surface area contributed by atoms with E-state index in [1.807, 2.05) is 4.68 Å². The second kappa shape index (κ2) is 8.09. The third-order valence-corrected chi connectivity index (χ3v) is 4.75. The van der Waals surface area contributed by atoms with E-state index in [4.69, 9.17) is 4.74 Å². The van der Waals surface area contributed by atoms with Gasteiger partial charge >= 0.3 is 0 Å². The number of likely N-dealkylation sites (tertiary alicyclic amines) is 1. The summed E-state index contributed by atoms with van der Waals surface area (Å²) in [6.45, 7) is 10.7. The van der Waals surface area contributed by atoms with Crippen LogP contribution in [0.3, 0.4) is 0 Å². The molecule has 0 spiro atoms. The molecule has 0 amide bonds. The molecule has 3 heterocycles. The van der Waals surface area contributed by atoms with E-state index in [1.165, 1.54) is 38.0 Å². The molecule has 0 bridgehead atoms. The van der Waals surface area contributed by atoms with Crippen LogP contribution in [-0.4, -0.2) is 65.0 Å².